The lowest BCUT2D eigenvalue weighted by molar-refractivity contribution is 0.580. The molecule has 0 radical (unpaired) electrons. The van der Waals surface area contributed by atoms with E-state index in [9.17, 15) is 8.78 Å². The second kappa shape index (κ2) is 5.57. The highest BCUT2D eigenvalue weighted by Crippen LogP contribution is 2.36. The third-order valence-electron chi connectivity index (χ3n) is 3.63. The molecule has 0 aliphatic rings. The number of rotatable bonds is 2. The van der Waals surface area contributed by atoms with E-state index in [0.717, 1.165) is 22.4 Å². The fourth-order valence-corrected chi connectivity index (χ4v) is 3.26. The Kier molecular flexibility index (Phi) is 3.77. The van der Waals surface area contributed by atoms with Gasteiger partial charge in [-0.15, -0.1) is 0 Å². The highest BCUT2D eigenvalue weighted by atomic mass is 79.9. The van der Waals surface area contributed by atoms with Crippen LogP contribution in [-0.2, 0) is 0 Å². The molecule has 21 heavy (non-hydrogen) atoms. The van der Waals surface area contributed by atoms with E-state index in [1.807, 2.05) is 30.3 Å². The van der Waals surface area contributed by atoms with E-state index in [1.165, 1.54) is 17.7 Å². The van der Waals surface area contributed by atoms with E-state index in [0.29, 0.717) is 5.56 Å². The molecule has 3 aromatic carbocycles. The van der Waals surface area contributed by atoms with Crippen molar-refractivity contribution in [1.29, 1.82) is 0 Å². The van der Waals surface area contributed by atoms with Gasteiger partial charge in [0, 0.05) is 6.07 Å². The third kappa shape index (κ3) is 2.70. The van der Waals surface area contributed by atoms with Crippen molar-refractivity contribution >= 4 is 26.7 Å². The van der Waals surface area contributed by atoms with Crippen molar-refractivity contribution in [3.8, 4) is 0 Å². The van der Waals surface area contributed by atoms with Gasteiger partial charge in [0.25, 0.3) is 0 Å². The lowest BCUT2D eigenvalue weighted by Gasteiger charge is -2.15. The standard InChI is InChI=1S/C18H13BrF2/c1-11-6-7-17(16-5-3-2-4-15(11)16)18(19)12-8-13(20)10-14(21)9-12/h2-10,18H,1H3. The van der Waals surface area contributed by atoms with Crippen LogP contribution in [0.15, 0.2) is 54.6 Å². The molecular formula is C18H13BrF2. The Hall–Kier alpha value is -1.74. The van der Waals surface area contributed by atoms with Crippen LogP contribution in [-0.4, -0.2) is 0 Å². The lowest BCUT2D eigenvalue weighted by atomic mass is 9.95. The Morgan fingerprint density at radius 1 is 0.857 bits per heavy atom. The van der Waals surface area contributed by atoms with Crippen molar-refractivity contribution in [2.24, 2.45) is 0 Å². The smallest absolute Gasteiger partial charge is 0.126 e. The summed E-state index contributed by atoms with van der Waals surface area (Å²) in [5, 5.41) is 2.24. The molecule has 3 rings (SSSR count). The molecular weight excluding hydrogens is 334 g/mol. The molecule has 0 heterocycles. The molecule has 3 aromatic rings. The monoisotopic (exact) mass is 346 g/mol. The first kappa shape index (κ1) is 14.2. The average Bonchev–Trinajstić information content (AvgIpc) is 2.46. The quantitative estimate of drug-likeness (QED) is 0.506. The molecule has 0 aromatic heterocycles. The SMILES string of the molecule is Cc1ccc(C(Br)c2cc(F)cc(F)c2)c2ccccc12. The van der Waals surface area contributed by atoms with Crippen molar-refractivity contribution in [3.05, 3.63) is 82.9 Å². The van der Waals surface area contributed by atoms with Gasteiger partial charge in [0.05, 0.1) is 4.83 Å². The number of alkyl halides is 1. The maximum absolute atomic E-state index is 13.4. The van der Waals surface area contributed by atoms with Gasteiger partial charge >= 0.3 is 0 Å². The fourth-order valence-electron chi connectivity index (χ4n) is 2.60. The molecule has 3 heteroatoms. The number of aryl methyl sites for hydroxylation is 1. The number of fused-ring (bicyclic) bond motifs is 1. The first-order chi connectivity index (χ1) is 10.1. The van der Waals surface area contributed by atoms with E-state index in [1.54, 1.807) is 0 Å². The van der Waals surface area contributed by atoms with Gasteiger partial charge in [-0.25, -0.2) is 8.78 Å². The molecule has 0 aliphatic carbocycles. The van der Waals surface area contributed by atoms with Crippen LogP contribution in [0.25, 0.3) is 10.8 Å². The van der Waals surface area contributed by atoms with Crippen molar-refractivity contribution in [3.63, 3.8) is 0 Å². The van der Waals surface area contributed by atoms with Crippen LogP contribution < -0.4 is 0 Å². The second-order valence-electron chi connectivity index (χ2n) is 5.08. The molecule has 1 atom stereocenters. The van der Waals surface area contributed by atoms with E-state index in [2.05, 4.69) is 28.9 Å². The Morgan fingerprint density at radius 2 is 1.48 bits per heavy atom. The molecule has 106 valence electrons. The van der Waals surface area contributed by atoms with Crippen LogP contribution in [0.3, 0.4) is 0 Å². The summed E-state index contributed by atoms with van der Waals surface area (Å²) in [6.07, 6.45) is 0. The zero-order chi connectivity index (χ0) is 15.0. The van der Waals surface area contributed by atoms with E-state index >= 15 is 0 Å². The first-order valence-corrected chi connectivity index (χ1v) is 7.56. The van der Waals surface area contributed by atoms with Crippen LogP contribution in [0.1, 0.15) is 21.5 Å². The van der Waals surface area contributed by atoms with Crippen molar-refractivity contribution in [2.45, 2.75) is 11.8 Å². The van der Waals surface area contributed by atoms with Gasteiger partial charge in [0.15, 0.2) is 0 Å². The lowest BCUT2D eigenvalue weighted by Crippen LogP contribution is -1.97. The fraction of sp³-hybridized carbons (Fsp3) is 0.111. The topological polar surface area (TPSA) is 0 Å². The maximum Gasteiger partial charge on any atom is 0.126 e. The highest BCUT2D eigenvalue weighted by Gasteiger charge is 2.15. The van der Waals surface area contributed by atoms with Crippen LogP contribution >= 0.6 is 15.9 Å². The molecule has 0 amide bonds. The molecule has 0 nitrogen and oxygen atoms in total. The molecule has 1 unspecified atom stereocenters. The summed E-state index contributed by atoms with van der Waals surface area (Å²) in [5.41, 5.74) is 2.75. The zero-order valence-electron chi connectivity index (χ0n) is 11.4. The van der Waals surface area contributed by atoms with Gasteiger partial charge in [-0.3, -0.25) is 0 Å². The van der Waals surface area contributed by atoms with Crippen LogP contribution in [0.5, 0.6) is 0 Å². The molecule has 0 saturated heterocycles. The van der Waals surface area contributed by atoms with Crippen LogP contribution in [0.2, 0.25) is 0 Å². The Balaban J connectivity index is 2.18. The van der Waals surface area contributed by atoms with Gasteiger partial charge in [0.1, 0.15) is 11.6 Å². The second-order valence-corrected chi connectivity index (χ2v) is 6.00. The number of benzene rings is 3. The number of hydrogen-bond donors (Lipinski definition) is 0. The van der Waals surface area contributed by atoms with Gasteiger partial charge in [-0.1, -0.05) is 52.3 Å². The van der Waals surface area contributed by atoms with Gasteiger partial charge in [0.2, 0.25) is 0 Å². The Labute approximate surface area is 130 Å². The zero-order valence-corrected chi connectivity index (χ0v) is 13.0. The highest BCUT2D eigenvalue weighted by molar-refractivity contribution is 9.09. The minimum atomic E-state index is -0.564. The summed E-state index contributed by atoms with van der Waals surface area (Å²) < 4.78 is 26.8. The van der Waals surface area contributed by atoms with Crippen molar-refractivity contribution < 1.29 is 8.78 Å². The van der Waals surface area contributed by atoms with E-state index in [-0.39, 0.29) is 4.83 Å². The molecule has 0 aliphatic heterocycles. The molecule has 0 fully saturated rings. The average molecular weight is 347 g/mol. The maximum atomic E-state index is 13.4. The Morgan fingerprint density at radius 3 is 2.14 bits per heavy atom. The summed E-state index contributed by atoms with van der Waals surface area (Å²) in [6, 6.07) is 15.7. The summed E-state index contributed by atoms with van der Waals surface area (Å²) >= 11 is 3.57. The van der Waals surface area contributed by atoms with Crippen molar-refractivity contribution in [2.75, 3.05) is 0 Å². The van der Waals surface area contributed by atoms with Crippen molar-refractivity contribution in [1.82, 2.24) is 0 Å². The minimum Gasteiger partial charge on any atom is -0.207 e. The molecule has 0 saturated carbocycles. The predicted octanol–water partition coefficient (Wildman–Crippen LogP) is 5.91. The number of hydrogen-bond acceptors (Lipinski definition) is 0. The van der Waals surface area contributed by atoms with E-state index < -0.39 is 11.6 Å². The normalized spacial score (nSPS) is 12.6. The van der Waals surface area contributed by atoms with Gasteiger partial charge < -0.3 is 0 Å². The minimum absolute atomic E-state index is 0.256. The largest absolute Gasteiger partial charge is 0.207 e. The van der Waals surface area contributed by atoms with Crippen LogP contribution in [0.4, 0.5) is 8.78 Å². The number of halogens is 3. The summed E-state index contributed by atoms with van der Waals surface area (Å²) in [7, 11) is 0. The molecule has 0 spiro atoms. The predicted molar refractivity (Wildman–Crippen MR) is 85.8 cm³/mol. The first-order valence-electron chi connectivity index (χ1n) is 6.64. The Bertz CT molecular complexity index is 791. The summed E-state index contributed by atoms with van der Waals surface area (Å²) in [6.45, 7) is 2.05. The van der Waals surface area contributed by atoms with Gasteiger partial charge in [-0.2, -0.15) is 0 Å². The van der Waals surface area contributed by atoms with Gasteiger partial charge in [-0.05, 0) is 46.5 Å². The van der Waals surface area contributed by atoms with E-state index in [4.69, 9.17) is 0 Å². The summed E-state index contributed by atoms with van der Waals surface area (Å²) in [4.78, 5) is -0.256. The van der Waals surface area contributed by atoms with Crippen LogP contribution in [0, 0.1) is 18.6 Å². The molecule has 0 N–H and O–H groups in total. The third-order valence-corrected chi connectivity index (χ3v) is 4.65. The summed E-state index contributed by atoms with van der Waals surface area (Å²) in [5.74, 6) is -1.13. The molecule has 0 bridgehead atoms.